The molecule has 0 heterocycles. The highest BCUT2D eigenvalue weighted by molar-refractivity contribution is 6.17. The molecule has 0 aromatic heterocycles. The zero-order valence-corrected chi connectivity index (χ0v) is 9.87. The summed E-state index contributed by atoms with van der Waals surface area (Å²) in [5, 5.41) is 8.82. The average Bonchev–Trinajstić information content (AvgIpc) is 2.37. The van der Waals surface area contributed by atoms with Gasteiger partial charge in [-0.1, -0.05) is 30.3 Å². The minimum absolute atomic E-state index is 0.00582. The molecule has 1 N–H and O–H groups in total. The summed E-state index contributed by atoms with van der Waals surface area (Å²) < 4.78 is 0. The van der Waals surface area contributed by atoms with Crippen molar-refractivity contribution in [2.45, 2.75) is 6.92 Å². The number of carbonyl (C=O) groups is 3. The number of rotatable bonds is 4. The van der Waals surface area contributed by atoms with Gasteiger partial charge in [-0.05, 0) is 18.6 Å². The molecule has 1 rings (SSSR count). The van der Waals surface area contributed by atoms with Crippen LogP contribution in [0.25, 0.3) is 6.08 Å². The minimum Gasteiger partial charge on any atom is -0.465 e. The van der Waals surface area contributed by atoms with E-state index in [1.165, 1.54) is 13.0 Å². The predicted molar refractivity (Wildman–Crippen MR) is 65.9 cm³/mol. The Morgan fingerprint density at radius 3 is 2.33 bits per heavy atom. The molecule has 0 saturated heterocycles. The maximum Gasteiger partial charge on any atom is 0.414 e. The van der Waals surface area contributed by atoms with E-state index in [9.17, 15) is 14.4 Å². The van der Waals surface area contributed by atoms with Crippen LogP contribution in [0.4, 0.5) is 4.79 Å². The number of carboxylic acid groups (broad SMARTS) is 1. The van der Waals surface area contributed by atoms with Gasteiger partial charge in [0, 0.05) is 6.54 Å². The lowest BCUT2D eigenvalue weighted by atomic mass is 10.1. The number of imide groups is 1. The Balaban J connectivity index is 3.03. The molecular formula is C13H13NO4. The summed E-state index contributed by atoms with van der Waals surface area (Å²) >= 11 is 0. The van der Waals surface area contributed by atoms with E-state index < -0.39 is 12.0 Å². The van der Waals surface area contributed by atoms with E-state index in [4.69, 9.17) is 5.11 Å². The molecule has 0 saturated carbocycles. The molecule has 0 fully saturated rings. The summed E-state index contributed by atoms with van der Waals surface area (Å²) in [6.07, 6.45) is 0.352. The van der Waals surface area contributed by atoms with Crippen molar-refractivity contribution in [3.8, 4) is 0 Å². The zero-order valence-electron chi connectivity index (χ0n) is 9.87. The Hall–Kier alpha value is -2.43. The maximum atomic E-state index is 11.8. The quantitative estimate of drug-likeness (QED) is 0.381. The summed E-state index contributed by atoms with van der Waals surface area (Å²) in [6.45, 7) is 1.52. The van der Waals surface area contributed by atoms with Crippen molar-refractivity contribution in [1.82, 2.24) is 4.90 Å². The molecule has 5 heteroatoms. The van der Waals surface area contributed by atoms with Gasteiger partial charge >= 0.3 is 6.09 Å². The number of likely N-dealkylation sites (N-methyl/N-ethyl adjacent to an activating group) is 1. The molecule has 0 unspecified atom stereocenters. The lowest BCUT2D eigenvalue weighted by molar-refractivity contribution is -0.126. The lowest BCUT2D eigenvalue weighted by Gasteiger charge is -2.14. The summed E-state index contributed by atoms with van der Waals surface area (Å²) in [4.78, 5) is 34.1. The van der Waals surface area contributed by atoms with Gasteiger partial charge in [0.2, 0.25) is 0 Å². The first kappa shape index (κ1) is 13.6. The van der Waals surface area contributed by atoms with Crippen LogP contribution in [0.15, 0.2) is 35.9 Å². The third-order valence-corrected chi connectivity index (χ3v) is 2.29. The first-order chi connectivity index (χ1) is 8.60. The van der Waals surface area contributed by atoms with Crippen molar-refractivity contribution in [3.05, 3.63) is 41.5 Å². The van der Waals surface area contributed by atoms with Crippen LogP contribution in [-0.2, 0) is 9.59 Å². The molecule has 0 spiro atoms. The monoisotopic (exact) mass is 247 g/mol. The Kier molecular flexibility index (Phi) is 4.80. The predicted octanol–water partition coefficient (Wildman–Crippen LogP) is 1.80. The second kappa shape index (κ2) is 6.34. The number of amides is 2. The van der Waals surface area contributed by atoms with Crippen LogP contribution in [0.2, 0.25) is 0 Å². The average molecular weight is 247 g/mol. The maximum absolute atomic E-state index is 11.8. The van der Waals surface area contributed by atoms with Crippen molar-refractivity contribution in [2.24, 2.45) is 0 Å². The van der Waals surface area contributed by atoms with E-state index in [1.54, 1.807) is 30.3 Å². The van der Waals surface area contributed by atoms with Gasteiger partial charge in [-0.2, -0.15) is 0 Å². The van der Waals surface area contributed by atoms with E-state index in [0.717, 1.165) is 0 Å². The van der Waals surface area contributed by atoms with Gasteiger partial charge in [0.1, 0.15) is 0 Å². The molecule has 0 bridgehead atoms. The van der Waals surface area contributed by atoms with Crippen LogP contribution >= 0.6 is 0 Å². The molecule has 0 radical (unpaired) electrons. The third kappa shape index (κ3) is 3.28. The van der Waals surface area contributed by atoms with Crippen molar-refractivity contribution in [3.63, 3.8) is 0 Å². The molecule has 0 aliphatic carbocycles. The first-order valence-electron chi connectivity index (χ1n) is 5.36. The fourth-order valence-electron chi connectivity index (χ4n) is 1.40. The normalized spacial score (nSPS) is 10.8. The number of benzene rings is 1. The van der Waals surface area contributed by atoms with Crippen molar-refractivity contribution in [2.75, 3.05) is 6.54 Å². The van der Waals surface area contributed by atoms with Crippen LogP contribution in [0, 0.1) is 0 Å². The van der Waals surface area contributed by atoms with Gasteiger partial charge in [-0.25, -0.2) is 9.69 Å². The Morgan fingerprint density at radius 2 is 1.89 bits per heavy atom. The molecule has 2 amide bonds. The van der Waals surface area contributed by atoms with E-state index in [2.05, 4.69) is 0 Å². The van der Waals surface area contributed by atoms with E-state index in [0.29, 0.717) is 16.7 Å². The van der Waals surface area contributed by atoms with E-state index in [1.807, 2.05) is 0 Å². The highest BCUT2D eigenvalue weighted by atomic mass is 16.4. The van der Waals surface area contributed by atoms with Crippen LogP contribution in [0.1, 0.15) is 12.5 Å². The fraction of sp³-hybridized carbons (Fsp3) is 0.154. The topological polar surface area (TPSA) is 74.7 Å². The number of hydrogen-bond donors (Lipinski definition) is 1. The van der Waals surface area contributed by atoms with Gasteiger partial charge in [0.25, 0.3) is 5.91 Å². The van der Waals surface area contributed by atoms with Gasteiger partial charge < -0.3 is 5.11 Å². The summed E-state index contributed by atoms with van der Waals surface area (Å²) in [7, 11) is 0. The molecule has 0 aliphatic heterocycles. The van der Waals surface area contributed by atoms with Crippen LogP contribution in [-0.4, -0.2) is 34.8 Å². The highest BCUT2D eigenvalue weighted by Crippen LogP contribution is 2.08. The van der Waals surface area contributed by atoms with Crippen molar-refractivity contribution >= 4 is 24.4 Å². The number of nitrogens with zero attached hydrogens (tertiary/aromatic N) is 1. The van der Waals surface area contributed by atoms with Gasteiger partial charge in [-0.15, -0.1) is 0 Å². The zero-order chi connectivity index (χ0) is 13.5. The van der Waals surface area contributed by atoms with Gasteiger partial charge in [0.05, 0.1) is 5.57 Å². The van der Waals surface area contributed by atoms with E-state index in [-0.39, 0.29) is 12.1 Å². The summed E-state index contributed by atoms with van der Waals surface area (Å²) in [6, 6.07) is 8.75. The summed E-state index contributed by atoms with van der Waals surface area (Å²) in [5.41, 5.74) is 0.472. The molecule has 0 aliphatic rings. The first-order valence-corrected chi connectivity index (χ1v) is 5.36. The van der Waals surface area contributed by atoms with Crippen LogP contribution in [0.5, 0.6) is 0 Å². The second-order valence-electron chi connectivity index (χ2n) is 3.46. The summed E-state index contributed by atoms with van der Waals surface area (Å²) in [5.74, 6) is -0.816. The third-order valence-electron chi connectivity index (χ3n) is 2.29. The molecule has 18 heavy (non-hydrogen) atoms. The van der Waals surface area contributed by atoms with Crippen LogP contribution < -0.4 is 0 Å². The number of aldehydes is 1. The molecule has 1 aromatic carbocycles. The lowest BCUT2D eigenvalue weighted by Crippen LogP contribution is -2.36. The number of hydrogen-bond acceptors (Lipinski definition) is 3. The SMILES string of the molecule is CCN(C(=O)O)C(=O)C(C=O)=Cc1ccccc1. The Bertz CT molecular complexity index is 479. The van der Waals surface area contributed by atoms with Crippen LogP contribution in [0.3, 0.4) is 0 Å². The second-order valence-corrected chi connectivity index (χ2v) is 3.46. The largest absolute Gasteiger partial charge is 0.465 e. The van der Waals surface area contributed by atoms with E-state index >= 15 is 0 Å². The fourth-order valence-corrected chi connectivity index (χ4v) is 1.40. The molecule has 94 valence electrons. The Morgan fingerprint density at radius 1 is 1.28 bits per heavy atom. The molecule has 0 atom stereocenters. The van der Waals surface area contributed by atoms with Crippen molar-refractivity contribution < 1.29 is 19.5 Å². The smallest absolute Gasteiger partial charge is 0.414 e. The molecular weight excluding hydrogens is 234 g/mol. The molecule has 5 nitrogen and oxygen atoms in total. The standard InChI is InChI=1S/C13H13NO4/c1-2-14(13(17)18)12(16)11(9-15)8-10-6-4-3-5-7-10/h3-9H,2H2,1H3,(H,17,18). The van der Waals surface area contributed by atoms with Crippen molar-refractivity contribution in [1.29, 1.82) is 0 Å². The number of carbonyl (C=O) groups excluding carboxylic acids is 2. The highest BCUT2D eigenvalue weighted by Gasteiger charge is 2.21. The Labute approximate surface area is 104 Å². The van der Waals surface area contributed by atoms with Gasteiger partial charge in [0.15, 0.2) is 6.29 Å². The van der Waals surface area contributed by atoms with Gasteiger partial charge in [-0.3, -0.25) is 9.59 Å². The molecule has 1 aromatic rings. The minimum atomic E-state index is -1.37.